The lowest BCUT2D eigenvalue weighted by Gasteiger charge is -2.57. The first kappa shape index (κ1) is 20.6. The third-order valence-electron chi connectivity index (χ3n) is 6.66. The first-order valence-corrected chi connectivity index (χ1v) is 9.74. The number of hydrogen-bond acceptors (Lipinski definition) is 5. The average Bonchev–Trinajstić information content (AvgIpc) is 2.60. The van der Waals surface area contributed by atoms with Gasteiger partial charge in [0.1, 0.15) is 11.5 Å². The molecular formula is C22H30N2O4. The summed E-state index contributed by atoms with van der Waals surface area (Å²) >= 11 is 0. The number of fused-ring (bicyclic) bond motifs is 3. The number of benzene rings is 1. The summed E-state index contributed by atoms with van der Waals surface area (Å²) in [5, 5.41) is 22.8. The Labute approximate surface area is 166 Å². The van der Waals surface area contributed by atoms with Crippen molar-refractivity contribution in [2.45, 2.75) is 63.5 Å². The highest BCUT2D eigenvalue weighted by molar-refractivity contribution is 5.96. The van der Waals surface area contributed by atoms with Gasteiger partial charge in [0.05, 0.1) is 11.2 Å². The van der Waals surface area contributed by atoms with Gasteiger partial charge in [0.15, 0.2) is 0 Å². The van der Waals surface area contributed by atoms with Gasteiger partial charge in [-0.1, -0.05) is 24.6 Å². The van der Waals surface area contributed by atoms with E-state index in [1.165, 1.54) is 11.6 Å². The Bertz CT molecular complexity index is 858. The summed E-state index contributed by atoms with van der Waals surface area (Å²) < 4.78 is 0. The van der Waals surface area contributed by atoms with E-state index in [0.717, 1.165) is 5.56 Å². The Morgan fingerprint density at radius 2 is 2.07 bits per heavy atom. The third kappa shape index (κ3) is 3.05. The van der Waals surface area contributed by atoms with Gasteiger partial charge >= 0.3 is 0 Å². The van der Waals surface area contributed by atoms with Gasteiger partial charge in [-0.3, -0.25) is 14.5 Å². The zero-order valence-electron chi connectivity index (χ0n) is 17.1. The Balaban J connectivity index is 2.18. The van der Waals surface area contributed by atoms with Gasteiger partial charge in [0.25, 0.3) is 5.91 Å². The first-order valence-electron chi connectivity index (χ1n) is 9.74. The van der Waals surface area contributed by atoms with Crippen LogP contribution in [0.2, 0.25) is 0 Å². The summed E-state index contributed by atoms with van der Waals surface area (Å²) in [5.74, 6) is -0.877. The van der Waals surface area contributed by atoms with Crippen LogP contribution < -0.4 is 5.73 Å². The number of amides is 1. The number of likely N-dealkylation sites (N-methyl/N-ethyl adjacent to an activating group) is 1. The number of nitrogens with two attached hydrogens (primary N) is 1. The van der Waals surface area contributed by atoms with Crippen molar-refractivity contribution in [2.24, 2.45) is 5.73 Å². The van der Waals surface area contributed by atoms with Crippen LogP contribution >= 0.6 is 0 Å². The van der Waals surface area contributed by atoms with E-state index < -0.39 is 16.9 Å². The van der Waals surface area contributed by atoms with Crippen LogP contribution in [0, 0.1) is 0 Å². The van der Waals surface area contributed by atoms with Crippen LogP contribution in [0.1, 0.15) is 61.5 Å². The molecule has 0 heterocycles. The Hall–Kier alpha value is -2.18. The number of primary amides is 1. The SMILES string of the molecule is CC(C)=CCN(C)[C@@H]1Cc2ccc(C(N)=O)c(O)c2C2(C)CC(=O)CC[C@@]12O. The van der Waals surface area contributed by atoms with Crippen molar-refractivity contribution in [3.05, 3.63) is 40.5 Å². The van der Waals surface area contributed by atoms with Crippen molar-refractivity contribution in [2.75, 3.05) is 13.6 Å². The molecule has 0 saturated heterocycles. The molecule has 1 aromatic carbocycles. The molecule has 0 spiro atoms. The standard InChI is InChI=1S/C22H30N2O4/c1-13(2)8-10-24(4)17-11-14-5-6-16(20(23)27)19(26)18(14)21(3)12-15(25)7-9-22(17,21)28/h5-6,8,17,26,28H,7,9-12H2,1-4H3,(H2,23,27)/t17-,21?,22-/m1/s1. The summed E-state index contributed by atoms with van der Waals surface area (Å²) in [6.07, 6.45) is 3.39. The van der Waals surface area contributed by atoms with Crippen LogP contribution in [0.4, 0.5) is 0 Å². The van der Waals surface area contributed by atoms with Gasteiger partial charge in [0.2, 0.25) is 0 Å². The number of ketones is 1. The van der Waals surface area contributed by atoms with Crippen molar-refractivity contribution in [1.82, 2.24) is 4.90 Å². The fourth-order valence-electron chi connectivity index (χ4n) is 5.05. The molecule has 0 bridgehead atoms. The summed E-state index contributed by atoms with van der Waals surface area (Å²) in [6, 6.07) is 3.11. The molecule has 2 aliphatic carbocycles. The molecule has 3 atom stereocenters. The molecule has 1 saturated carbocycles. The van der Waals surface area contributed by atoms with Crippen molar-refractivity contribution in [1.29, 1.82) is 0 Å². The molecule has 1 fully saturated rings. The van der Waals surface area contributed by atoms with Gasteiger partial charge < -0.3 is 15.9 Å². The summed E-state index contributed by atoms with van der Waals surface area (Å²) in [5.41, 5.74) is 5.78. The minimum Gasteiger partial charge on any atom is -0.507 e. The Kier molecular flexibility index (Phi) is 5.15. The molecule has 6 heteroatoms. The zero-order chi connectivity index (χ0) is 20.9. The number of nitrogens with zero attached hydrogens (tertiary/aromatic N) is 1. The van der Waals surface area contributed by atoms with Crippen LogP contribution in [0.5, 0.6) is 5.75 Å². The molecule has 0 aliphatic heterocycles. The maximum absolute atomic E-state index is 12.4. The topological polar surface area (TPSA) is 104 Å². The van der Waals surface area contributed by atoms with E-state index >= 15 is 0 Å². The lowest BCUT2D eigenvalue weighted by atomic mass is 9.52. The van der Waals surface area contributed by atoms with E-state index in [-0.39, 0.29) is 29.6 Å². The highest BCUT2D eigenvalue weighted by Gasteiger charge is 2.60. The fourth-order valence-corrected chi connectivity index (χ4v) is 5.05. The van der Waals surface area contributed by atoms with E-state index in [9.17, 15) is 19.8 Å². The number of hydrogen-bond donors (Lipinski definition) is 3. The van der Waals surface area contributed by atoms with Gasteiger partial charge in [-0.25, -0.2) is 0 Å². The second-order valence-corrected chi connectivity index (χ2v) is 8.77. The van der Waals surface area contributed by atoms with E-state index in [1.54, 1.807) is 6.07 Å². The molecule has 1 aromatic rings. The molecule has 1 unspecified atom stereocenters. The first-order chi connectivity index (χ1) is 13.0. The molecular weight excluding hydrogens is 356 g/mol. The molecule has 28 heavy (non-hydrogen) atoms. The molecule has 0 radical (unpaired) electrons. The van der Waals surface area contributed by atoms with Crippen LogP contribution in [0.15, 0.2) is 23.8 Å². The minimum atomic E-state index is -1.20. The van der Waals surface area contributed by atoms with Crippen molar-refractivity contribution >= 4 is 11.7 Å². The van der Waals surface area contributed by atoms with Crippen LogP contribution in [-0.4, -0.2) is 52.0 Å². The molecule has 0 aromatic heterocycles. The number of allylic oxidation sites excluding steroid dienone is 1. The predicted molar refractivity (Wildman–Crippen MR) is 107 cm³/mol. The lowest BCUT2D eigenvalue weighted by Crippen LogP contribution is -2.67. The van der Waals surface area contributed by atoms with Gasteiger partial charge in [0, 0.05) is 36.4 Å². The normalized spacial score (nSPS) is 29.2. The Morgan fingerprint density at radius 3 is 2.68 bits per heavy atom. The smallest absolute Gasteiger partial charge is 0.252 e. The zero-order valence-corrected chi connectivity index (χ0v) is 17.1. The largest absolute Gasteiger partial charge is 0.507 e. The van der Waals surface area contributed by atoms with E-state index in [2.05, 4.69) is 11.0 Å². The Morgan fingerprint density at radius 1 is 1.39 bits per heavy atom. The van der Waals surface area contributed by atoms with Crippen LogP contribution in [0.3, 0.4) is 0 Å². The van der Waals surface area contributed by atoms with Gasteiger partial charge in [-0.15, -0.1) is 0 Å². The van der Waals surface area contributed by atoms with Crippen molar-refractivity contribution in [3.8, 4) is 5.75 Å². The second-order valence-electron chi connectivity index (χ2n) is 8.77. The number of aromatic hydroxyl groups is 1. The highest BCUT2D eigenvalue weighted by Crippen LogP contribution is 2.55. The summed E-state index contributed by atoms with van der Waals surface area (Å²) in [7, 11) is 1.97. The maximum atomic E-state index is 12.4. The predicted octanol–water partition coefficient (Wildman–Crippen LogP) is 2.06. The number of phenols is 1. The number of Topliss-reactive ketones (excluding diaryl/α,β-unsaturated/α-hetero) is 1. The van der Waals surface area contributed by atoms with E-state index in [4.69, 9.17) is 5.73 Å². The monoisotopic (exact) mass is 386 g/mol. The van der Waals surface area contributed by atoms with Gasteiger partial charge in [-0.2, -0.15) is 0 Å². The lowest BCUT2D eigenvalue weighted by molar-refractivity contribution is -0.148. The third-order valence-corrected chi connectivity index (χ3v) is 6.66. The van der Waals surface area contributed by atoms with Gasteiger partial charge in [-0.05, 0) is 45.4 Å². The minimum absolute atomic E-state index is 0.0247. The van der Waals surface area contributed by atoms with Crippen molar-refractivity contribution in [3.63, 3.8) is 0 Å². The van der Waals surface area contributed by atoms with Crippen molar-refractivity contribution < 1.29 is 19.8 Å². The summed E-state index contributed by atoms with van der Waals surface area (Å²) in [4.78, 5) is 26.3. The number of carbonyl (C=O) groups is 2. The fraction of sp³-hybridized carbons (Fsp3) is 0.545. The maximum Gasteiger partial charge on any atom is 0.252 e. The number of rotatable bonds is 4. The molecule has 4 N–H and O–H groups in total. The molecule has 2 aliphatic rings. The molecule has 152 valence electrons. The number of aliphatic hydroxyl groups is 1. The van der Waals surface area contributed by atoms with E-state index in [0.29, 0.717) is 31.4 Å². The molecule has 3 rings (SSSR count). The van der Waals surface area contributed by atoms with Crippen LogP contribution in [0.25, 0.3) is 0 Å². The summed E-state index contributed by atoms with van der Waals surface area (Å²) in [6.45, 7) is 6.57. The molecule has 1 amide bonds. The van der Waals surface area contributed by atoms with Crippen LogP contribution in [-0.2, 0) is 16.6 Å². The highest BCUT2D eigenvalue weighted by atomic mass is 16.3. The number of carbonyl (C=O) groups excluding carboxylic acids is 2. The molecule has 6 nitrogen and oxygen atoms in total. The second kappa shape index (κ2) is 7.01. The average molecular weight is 386 g/mol. The quantitative estimate of drug-likeness (QED) is 0.687. The van der Waals surface area contributed by atoms with E-state index in [1.807, 2.05) is 27.8 Å².